The number of hydrogen-bond donors (Lipinski definition) is 1. The van der Waals surface area contributed by atoms with Crippen LogP contribution >= 0.6 is 0 Å². The average Bonchev–Trinajstić information content (AvgIpc) is 2.55. The maximum absolute atomic E-state index is 9.88. The minimum absolute atomic E-state index is 0.156. The van der Waals surface area contributed by atoms with Crippen molar-refractivity contribution in [2.75, 3.05) is 6.54 Å². The Morgan fingerprint density at radius 3 is 2.71 bits per heavy atom. The Morgan fingerprint density at radius 1 is 1.04 bits per heavy atom. The van der Waals surface area contributed by atoms with Gasteiger partial charge in [-0.3, -0.25) is 0 Å². The first-order valence-electron chi connectivity index (χ1n) is 8.51. The zero-order valence-electron chi connectivity index (χ0n) is 14.0. The lowest BCUT2D eigenvalue weighted by molar-refractivity contribution is -0.0106. The summed E-state index contributed by atoms with van der Waals surface area (Å²) in [6.45, 7) is 2.68. The van der Waals surface area contributed by atoms with Crippen molar-refractivity contribution < 1.29 is 14.7 Å². The summed E-state index contributed by atoms with van der Waals surface area (Å²) in [4.78, 5) is 1.25. The second-order valence-corrected chi connectivity index (χ2v) is 6.18. The third-order valence-electron chi connectivity index (χ3n) is 4.06. The van der Waals surface area contributed by atoms with E-state index in [0.717, 1.165) is 37.0 Å². The van der Waals surface area contributed by atoms with Crippen LogP contribution in [-0.2, 0) is 0 Å². The summed E-state index contributed by atoms with van der Waals surface area (Å²) >= 11 is 0. The second-order valence-electron chi connectivity index (χ2n) is 6.18. The van der Waals surface area contributed by atoms with Crippen molar-refractivity contribution in [3.05, 3.63) is 54.1 Å². The third kappa shape index (κ3) is 4.76. The Bertz CT molecular complexity index is 650. The smallest absolute Gasteiger partial charge is 0.296 e. The quantitative estimate of drug-likeness (QED) is 0.848. The van der Waals surface area contributed by atoms with Gasteiger partial charge in [-0.15, -0.1) is 0 Å². The standard InChI is InChI=1S/C19H23BNO3/c1-15-11-12-17(18(14-15)23-16-8-4-2-5-9-16)24-19-10-6-3-7-13-21(22)20-19/h2,4-5,8-9,11-12,14,19,22H,3,6-7,10,13H2,1H3. The molecule has 4 nitrogen and oxygen atoms in total. The van der Waals surface area contributed by atoms with Gasteiger partial charge < -0.3 is 14.7 Å². The van der Waals surface area contributed by atoms with E-state index in [1.165, 1.54) is 4.97 Å². The van der Waals surface area contributed by atoms with Crippen molar-refractivity contribution in [2.45, 2.75) is 38.6 Å². The van der Waals surface area contributed by atoms with Gasteiger partial charge in [0.05, 0.1) is 6.00 Å². The van der Waals surface area contributed by atoms with Crippen molar-refractivity contribution in [3.8, 4) is 17.2 Å². The summed E-state index contributed by atoms with van der Waals surface area (Å²) < 4.78 is 12.1. The van der Waals surface area contributed by atoms with Crippen LogP contribution in [0.25, 0.3) is 0 Å². The fourth-order valence-corrected chi connectivity index (χ4v) is 2.80. The van der Waals surface area contributed by atoms with E-state index in [0.29, 0.717) is 18.0 Å². The molecule has 125 valence electrons. The van der Waals surface area contributed by atoms with E-state index in [2.05, 4.69) is 0 Å². The molecule has 1 heterocycles. The van der Waals surface area contributed by atoms with E-state index >= 15 is 0 Å². The van der Waals surface area contributed by atoms with Crippen LogP contribution in [0.4, 0.5) is 0 Å². The molecule has 0 bridgehead atoms. The number of hydroxylamine groups is 1. The zero-order valence-corrected chi connectivity index (χ0v) is 14.0. The first-order valence-corrected chi connectivity index (χ1v) is 8.51. The molecular weight excluding hydrogens is 301 g/mol. The maximum Gasteiger partial charge on any atom is 0.296 e. The molecule has 2 aromatic carbocycles. The summed E-state index contributed by atoms with van der Waals surface area (Å²) in [5.74, 6) is 2.17. The average molecular weight is 324 g/mol. The van der Waals surface area contributed by atoms with Gasteiger partial charge in [0.2, 0.25) is 0 Å². The third-order valence-corrected chi connectivity index (χ3v) is 4.06. The fourth-order valence-electron chi connectivity index (χ4n) is 2.80. The lowest BCUT2D eigenvalue weighted by atomic mass is 9.79. The molecular formula is C19H23BNO3. The SMILES string of the molecule is Cc1ccc(OC2[B]N(O)CCCCC2)c(Oc2ccccc2)c1. The molecule has 1 aliphatic rings. The van der Waals surface area contributed by atoms with E-state index in [4.69, 9.17) is 9.47 Å². The zero-order chi connectivity index (χ0) is 16.8. The fraction of sp³-hybridized carbons (Fsp3) is 0.368. The number of para-hydroxylation sites is 1. The summed E-state index contributed by atoms with van der Waals surface area (Å²) in [7, 11) is 1.76. The number of aryl methyl sites for hydroxylation is 1. The van der Waals surface area contributed by atoms with Crippen LogP contribution in [-0.4, -0.2) is 30.1 Å². The van der Waals surface area contributed by atoms with Crippen LogP contribution in [0.5, 0.6) is 17.2 Å². The lowest BCUT2D eigenvalue weighted by Crippen LogP contribution is -2.39. The Balaban J connectivity index is 1.76. The topological polar surface area (TPSA) is 41.9 Å². The molecule has 1 N–H and O–H groups in total. The first-order chi connectivity index (χ1) is 11.7. The van der Waals surface area contributed by atoms with Crippen molar-refractivity contribution in [1.82, 2.24) is 4.97 Å². The van der Waals surface area contributed by atoms with Crippen LogP contribution in [0.3, 0.4) is 0 Å². The molecule has 0 saturated carbocycles. The van der Waals surface area contributed by atoms with Gasteiger partial charge in [-0.05, 0) is 49.6 Å². The predicted molar refractivity (Wildman–Crippen MR) is 94.8 cm³/mol. The Morgan fingerprint density at radius 2 is 1.88 bits per heavy atom. The highest BCUT2D eigenvalue weighted by Gasteiger charge is 2.21. The highest BCUT2D eigenvalue weighted by molar-refractivity contribution is 6.33. The molecule has 0 aromatic heterocycles. The van der Waals surface area contributed by atoms with Gasteiger partial charge in [0.15, 0.2) is 11.5 Å². The highest BCUT2D eigenvalue weighted by atomic mass is 16.5. The summed E-state index contributed by atoms with van der Waals surface area (Å²) in [6, 6.07) is 15.4. The van der Waals surface area contributed by atoms with E-state index in [9.17, 15) is 5.21 Å². The van der Waals surface area contributed by atoms with Crippen LogP contribution in [0.1, 0.15) is 31.2 Å². The number of hydrogen-bond acceptors (Lipinski definition) is 4. The molecule has 1 aliphatic heterocycles. The molecule has 1 atom stereocenters. The molecule has 3 rings (SSSR count). The van der Waals surface area contributed by atoms with E-state index in [1.54, 1.807) is 7.41 Å². The molecule has 1 fully saturated rings. The molecule has 0 spiro atoms. The Kier molecular flexibility index (Phi) is 5.78. The maximum atomic E-state index is 9.88. The molecule has 24 heavy (non-hydrogen) atoms. The normalized spacial score (nSPS) is 19.0. The number of benzene rings is 2. The number of ether oxygens (including phenoxy) is 2. The molecule has 2 aromatic rings. The molecule has 1 saturated heterocycles. The molecule has 5 heteroatoms. The van der Waals surface area contributed by atoms with Gasteiger partial charge in [-0.2, -0.15) is 0 Å². The first kappa shape index (κ1) is 16.9. The van der Waals surface area contributed by atoms with Gasteiger partial charge in [-0.25, -0.2) is 4.97 Å². The van der Waals surface area contributed by atoms with Crippen molar-refractivity contribution in [3.63, 3.8) is 0 Å². The Labute approximate surface area is 144 Å². The summed E-state index contributed by atoms with van der Waals surface area (Å²) in [5.41, 5.74) is 1.11. The van der Waals surface area contributed by atoms with E-state index in [-0.39, 0.29) is 6.00 Å². The molecule has 0 amide bonds. The van der Waals surface area contributed by atoms with Gasteiger partial charge >= 0.3 is 0 Å². The van der Waals surface area contributed by atoms with Crippen LogP contribution in [0, 0.1) is 6.92 Å². The summed E-state index contributed by atoms with van der Waals surface area (Å²) in [6.07, 6.45) is 4.09. The monoisotopic (exact) mass is 324 g/mol. The second kappa shape index (κ2) is 8.22. The minimum atomic E-state index is -0.156. The van der Waals surface area contributed by atoms with E-state index < -0.39 is 0 Å². The van der Waals surface area contributed by atoms with Gasteiger partial charge in [0.1, 0.15) is 5.75 Å². The minimum Gasteiger partial charge on any atom is -0.494 e. The molecule has 1 unspecified atom stereocenters. The predicted octanol–water partition coefficient (Wildman–Crippen LogP) is 4.38. The number of nitrogens with zero attached hydrogens (tertiary/aromatic N) is 1. The van der Waals surface area contributed by atoms with Crippen molar-refractivity contribution in [2.24, 2.45) is 0 Å². The van der Waals surface area contributed by atoms with Gasteiger partial charge in [-0.1, -0.05) is 37.1 Å². The Hall–Kier alpha value is -1.98. The van der Waals surface area contributed by atoms with Crippen LogP contribution < -0.4 is 9.47 Å². The molecule has 1 radical (unpaired) electrons. The van der Waals surface area contributed by atoms with Gasteiger partial charge in [0.25, 0.3) is 7.41 Å². The van der Waals surface area contributed by atoms with Crippen LogP contribution in [0.15, 0.2) is 48.5 Å². The van der Waals surface area contributed by atoms with Gasteiger partial charge in [0, 0.05) is 6.54 Å². The van der Waals surface area contributed by atoms with Crippen molar-refractivity contribution >= 4 is 7.41 Å². The number of rotatable bonds is 4. The van der Waals surface area contributed by atoms with E-state index in [1.807, 2.05) is 55.5 Å². The lowest BCUT2D eigenvalue weighted by Gasteiger charge is -2.26. The van der Waals surface area contributed by atoms with Crippen LogP contribution in [0.2, 0.25) is 0 Å². The largest absolute Gasteiger partial charge is 0.494 e. The summed E-state index contributed by atoms with van der Waals surface area (Å²) in [5, 5.41) is 9.88. The highest BCUT2D eigenvalue weighted by Crippen LogP contribution is 2.33. The van der Waals surface area contributed by atoms with Crippen molar-refractivity contribution in [1.29, 1.82) is 0 Å². The molecule has 0 aliphatic carbocycles.